The van der Waals surface area contributed by atoms with Crippen molar-refractivity contribution in [2.75, 3.05) is 12.5 Å². The Morgan fingerprint density at radius 1 is 0.842 bits per heavy atom. The minimum Gasteiger partial charge on any atom is -0.494 e. The second kappa shape index (κ2) is 7.65. The maximum absolute atomic E-state index is 5.60. The molecule has 0 N–H and O–H groups in total. The Balaban J connectivity index is 1.93. The van der Waals surface area contributed by atoms with Crippen LogP contribution in [0.5, 0.6) is 5.75 Å². The van der Waals surface area contributed by atoms with E-state index in [1.54, 1.807) is 0 Å². The largest absolute Gasteiger partial charge is 0.494 e. The van der Waals surface area contributed by atoms with Crippen molar-refractivity contribution >= 4 is 23.8 Å². The number of benzene rings is 2. The molecule has 0 radical (unpaired) electrons. The van der Waals surface area contributed by atoms with Crippen molar-refractivity contribution in [2.24, 2.45) is 0 Å². The van der Waals surface area contributed by atoms with Gasteiger partial charge in [0, 0.05) is 5.88 Å². The Morgan fingerprint density at radius 3 is 2.11 bits per heavy atom. The van der Waals surface area contributed by atoms with E-state index in [2.05, 4.69) is 36.4 Å². The van der Waals surface area contributed by atoms with Crippen LogP contribution in [0.15, 0.2) is 54.6 Å². The average molecular weight is 273 g/mol. The Kier molecular flexibility index (Phi) is 5.51. The fourth-order valence-corrected chi connectivity index (χ4v) is 1.79. The molecule has 0 atom stereocenters. The van der Waals surface area contributed by atoms with Crippen LogP contribution in [0.2, 0.25) is 0 Å². The summed E-state index contributed by atoms with van der Waals surface area (Å²) < 4.78 is 5.56. The predicted molar refractivity (Wildman–Crippen MR) is 82.6 cm³/mol. The highest BCUT2D eigenvalue weighted by molar-refractivity contribution is 6.17. The van der Waals surface area contributed by atoms with Crippen molar-refractivity contribution in [3.63, 3.8) is 0 Å². The molecule has 0 unspecified atom stereocenters. The standard InChI is InChI=1S/C17H17ClO/c18-13-4-14-19-17-11-9-16(10-12-17)8-7-15-5-2-1-3-6-15/h1-3,5-12H,4,13-14H2. The lowest BCUT2D eigenvalue weighted by molar-refractivity contribution is 0.318. The number of ether oxygens (including phenoxy) is 1. The highest BCUT2D eigenvalue weighted by atomic mass is 35.5. The summed E-state index contributed by atoms with van der Waals surface area (Å²) >= 11 is 5.60. The number of halogens is 1. The van der Waals surface area contributed by atoms with E-state index in [1.807, 2.05) is 30.3 Å². The molecule has 0 aliphatic rings. The summed E-state index contributed by atoms with van der Waals surface area (Å²) in [6, 6.07) is 18.3. The molecule has 19 heavy (non-hydrogen) atoms. The molecule has 2 aromatic carbocycles. The fraction of sp³-hybridized carbons (Fsp3) is 0.176. The van der Waals surface area contributed by atoms with Crippen LogP contribution in [-0.2, 0) is 0 Å². The van der Waals surface area contributed by atoms with Crippen molar-refractivity contribution < 1.29 is 4.74 Å². The van der Waals surface area contributed by atoms with Crippen molar-refractivity contribution in [1.29, 1.82) is 0 Å². The van der Waals surface area contributed by atoms with Crippen LogP contribution < -0.4 is 4.74 Å². The lowest BCUT2D eigenvalue weighted by Crippen LogP contribution is -1.97. The zero-order valence-corrected chi connectivity index (χ0v) is 11.5. The molecule has 2 heteroatoms. The molecular formula is C17H17ClO. The summed E-state index contributed by atoms with van der Waals surface area (Å²) in [7, 11) is 0. The van der Waals surface area contributed by atoms with E-state index in [4.69, 9.17) is 16.3 Å². The second-order valence-electron chi connectivity index (χ2n) is 4.20. The van der Waals surface area contributed by atoms with Crippen LogP contribution in [0.1, 0.15) is 17.5 Å². The van der Waals surface area contributed by atoms with Gasteiger partial charge in [-0.2, -0.15) is 0 Å². The Labute approximate surface area is 119 Å². The highest BCUT2D eigenvalue weighted by Crippen LogP contribution is 2.14. The van der Waals surface area contributed by atoms with Gasteiger partial charge in [0.05, 0.1) is 6.61 Å². The normalized spacial score (nSPS) is 10.8. The molecule has 2 aromatic rings. The molecule has 0 saturated heterocycles. The Bertz CT molecular complexity index is 503. The summed E-state index contributed by atoms with van der Waals surface area (Å²) in [5.41, 5.74) is 2.36. The third-order valence-corrected chi connectivity index (χ3v) is 2.96. The Morgan fingerprint density at radius 2 is 1.47 bits per heavy atom. The summed E-state index contributed by atoms with van der Waals surface area (Å²) in [5.74, 6) is 1.53. The molecule has 2 rings (SSSR count). The van der Waals surface area contributed by atoms with Crippen LogP contribution in [0, 0.1) is 0 Å². The molecule has 0 amide bonds. The van der Waals surface area contributed by atoms with Crippen molar-refractivity contribution in [1.82, 2.24) is 0 Å². The zero-order chi connectivity index (χ0) is 13.3. The van der Waals surface area contributed by atoms with Crippen LogP contribution in [0.4, 0.5) is 0 Å². The Hall–Kier alpha value is -1.73. The summed E-state index contributed by atoms with van der Waals surface area (Å²) in [6.45, 7) is 0.669. The monoisotopic (exact) mass is 272 g/mol. The lowest BCUT2D eigenvalue weighted by atomic mass is 10.1. The molecule has 98 valence electrons. The zero-order valence-electron chi connectivity index (χ0n) is 10.8. The second-order valence-corrected chi connectivity index (χ2v) is 4.58. The van der Waals surface area contributed by atoms with Gasteiger partial charge in [0.2, 0.25) is 0 Å². The molecule has 0 aliphatic heterocycles. The van der Waals surface area contributed by atoms with Crippen LogP contribution in [0.25, 0.3) is 12.2 Å². The van der Waals surface area contributed by atoms with Gasteiger partial charge in [-0.05, 0) is 29.7 Å². The summed E-state index contributed by atoms with van der Waals surface area (Å²) in [6.07, 6.45) is 5.07. The molecule has 0 spiro atoms. The first kappa shape index (κ1) is 13.7. The first-order valence-corrected chi connectivity index (χ1v) is 6.94. The SMILES string of the molecule is ClCCCOc1ccc(C=Cc2ccccc2)cc1. The van der Waals surface area contributed by atoms with E-state index in [0.717, 1.165) is 17.7 Å². The molecule has 0 aliphatic carbocycles. The van der Waals surface area contributed by atoms with Gasteiger partial charge in [0.15, 0.2) is 0 Å². The topological polar surface area (TPSA) is 9.23 Å². The van der Waals surface area contributed by atoms with E-state index >= 15 is 0 Å². The van der Waals surface area contributed by atoms with Gasteiger partial charge in [-0.15, -0.1) is 11.6 Å². The maximum atomic E-state index is 5.60. The molecular weight excluding hydrogens is 256 g/mol. The van der Waals surface area contributed by atoms with E-state index in [0.29, 0.717) is 12.5 Å². The van der Waals surface area contributed by atoms with Crippen LogP contribution >= 0.6 is 11.6 Å². The van der Waals surface area contributed by atoms with E-state index < -0.39 is 0 Å². The minimum atomic E-state index is 0.637. The van der Waals surface area contributed by atoms with Crippen LogP contribution in [0.3, 0.4) is 0 Å². The first-order valence-electron chi connectivity index (χ1n) is 6.40. The van der Waals surface area contributed by atoms with Gasteiger partial charge in [-0.1, -0.05) is 54.6 Å². The van der Waals surface area contributed by atoms with Crippen molar-refractivity contribution in [3.05, 3.63) is 65.7 Å². The number of hydrogen-bond acceptors (Lipinski definition) is 1. The minimum absolute atomic E-state index is 0.637. The van der Waals surface area contributed by atoms with Gasteiger partial charge in [0.25, 0.3) is 0 Å². The van der Waals surface area contributed by atoms with E-state index in [1.165, 1.54) is 5.56 Å². The van der Waals surface area contributed by atoms with E-state index in [9.17, 15) is 0 Å². The molecule has 1 nitrogen and oxygen atoms in total. The third-order valence-electron chi connectivity index (χ3n) is 2.69. The molecule has 0 fully saturated rings. The van der Waals surface area contributed by atoms with Gasteiger partial charge in [0.1, 0.15) is 5.75 Å². The van der Waals surface area contributed by atoms with Crippen LogP contribution in [-0.4, -0.2) is 12.5 Å². The smallest absolute Gasteiger partial charge is 0.119 e. The predicted octanol–water partition coefficient (Wildman–Crippen LogP) is 4.86. The van der Waals surface area contributed by atoms with Gasteiger partial charge >= 0.3 is 0 Å². The fourth-order valence-electron chi connectivity index (χ4n) is 1.68. The highest BCUT2D eigenvalue weighted by Gasteiger charge is 1.93. The molecule has 0 heterocycles. The van der Waals surface area contributed by atoms with Crippen molar-refractivity contribution in [3.8, 4) is 5.75 Å². The van der Waals surface area contributed by atoms with Gasteiger partial charge < -0.3 is 4.74 Å². The third kappa shape index (κ3) is 4.80. The summed E-state index contributed by atoms with van der Waals surface area (Å²) in [5, 5.41) is 0. The molecule has 0 saturated carbocycles. The van der Waals surface area contributed by atoms with Gasteiger partial charge in [-0.3, -0.25) is 0 Å². The quantitative estimate of drug-likeness (QED) is 0.414. The average Bonchev–Trinajstić information content (AvgIpc) is 2.48. The van der Waals surface area contributed by atoms with E-state index in [-0.39, 0.29) is 0 Å². The number of rotatable bonds is 6. The first-order chi connectivity index (χ1) is 9.38. The lowest BCUT2D eigenvalue weighted by Gasteiger charge is -2.04. The molecule has 0 aromatic heterocycles. The van der Waals surface area contributed by atoms with Crippen molar-refractivity contribution in [2.45, 2.75) is 6.42 Å². The maximum Gasteiger partial charge on any atom is 0.119 e. The number of hydrogen-bond donors (Lipinski definition) is 0. The number of alkyl halides is 1. The van der Waals surface area contributed by atoms with Gasteiger partial charge in [-0.25, -0.2) is 0 Å². The molecule has 0 bridgehead atoms. The summed E-state index contributed by atoms with van der Waals surface area (Å²) in [4.78, 5) is 0.